The molecule has 1 heterocycles. The standard InChI is InChI=1S/C15H14N2OS/c1-10-7-8-12-13(9-10)16-15(19)17(14(12)18)11-5-3-2-4-6-11/h2-9,15-16,19H,1H3. The summed E-state index contributed by atoms with van der Waals surface area (Å²) in [6.07, 6.45) is 0. The average molecular weight is 270 g/mol. The molecule has 0 aromatic heterocycles. The molecule has 1 aliphatic heterocycles. The van der Waals surface area contributed by atoms with Gasteiger partial charge in [0, 0.05) is 11.4 Å². The van der Waals surface area contributed by atoms with Gasteiger partial charge in [-0.15, -0.1) is 12.6 Å². The van der Waals surface area contributed by atoms with Crippen molar-refractivity contribution in [1.29, 1.82) is 0 Å². The average Bonchev–Trinajstić information content (AvgIpc) is 2.39. The van der Waals surface area contributed by atoms with Gasteiger partial charge < -0.3 is 5.32 Å². The Balaban J connectivity index is 2.06. The molecule has 0 saturated heterocycles. The van der Waals surface area contributed by atoms with Gasteiger partial charge in [-0.05, 0) is 36.8 Å². The minimum atomic E-state index is -0.357. The lowest BCUT2D eigenvalue weighted by Crippen LogP contribution is -2.46. The minimum absolute atomic E-state index is 0.0278. The molecule has 1 atom stereocenters. The number of carbonyl (C=O) groups excluding carboxylic acids is 1. The Kier molecular flexibility index (Phi) is 2.95. The number of amides is 1. The molecule has 1 N–H and O–H groups in total. The van der Waals surface area contributed by atoms with Crippen molar-refractivity contribution in [1.82, 2.24) is 0 Å². The molecular formula is C15H14N2OS. The van der Waals surface area contributed by atoms with E-state index in [1.807, 2.05) is 55.5 Å². The van der Waals surface area contributed by atoms with Crippen molar-refractivity contribution in [3.8, 4) is 0 Å². The van der Waals surface area contributed by atoms with E-state index in [1.165, 1.54) is 0 Å². The number of hydrogen-bond acceptors (Lipinski definition) is 3. The van der Waals surface area contributed by atoms with Crippen LogP contribution in [-0.2, 0) is 0 Å². The molecule has 0 bridgehead atoms. The SMILES string of the molecule is Cc1ccc2c(c1)NC(S)N(c1ccccc1)C2=O. The third kappa shape index (κ3) is 2.08. The molecule has 1 amide bonds. The van der Waals surface area contributed by atoms with Crippen molar-refractivity contribution in [2.75, 3.05) is 10.2 Å². The number of carbonyl (C=O) groups is 1. The van der Waals surface area contributed by atoms with Crippen LogP contribution in [0.2, 0.25) is 0 Å². The number of nitrogens with zero attached hydrogens (tertiary/aromatic N) is 1. The lowest BCUT2D eigenvalue weighted by atomic mass is 10.1. The fourth-order valence-electron chi connectivity index (χ4n) is 2.26. The van der Waals surface area contributed by atoms with Gasteiger partial charge in [-0.25, -0.2) is 0 Å². The molecule has 0 saturated carbocycles. The second-order valence-electron chi connectivity index (χ2n) is 4.58. The molecule has 0 aliphatic carbocycles. The van der Waals surface area contributed by atoms with Gasteiger partial charge in [-0.2, -0.15) is 0 Å². The lowest BCUT2D eigenvalue weighted by molar-refractivity contribution is 0.0983. The van der Waals surface area contributed by atoms with Gasteiger partial charge in [0.1, 0.15) is 0 Å². The first-order valence-electron chi connectivity index (χ1n) is 6.11. The molecule has 1 unspecified atom stereocenters. The van der Waals surface area contributed by atoms with E-state index < -0.39 is 0 Å². The first kappa shape index (κ1) is 12.1. The van der Waals surface area contributed by atoms with Crippen LogP contribution in [0.25, 0.3) is 0 Å². The summed E-state index contributed by atoms with van der Waals surface area (Å²) in [4.78, 5) is 14.2. The number of fused-ring (bicyclic) bond motifs is 1. The lowest BCUT2D eigenvalue weighted by Gasteiger charge is -2.35. The van der Waals surface area contributed by atoms with E-state index in [2.05, 4.69) is 17.9 Å². The number of nitrogens with one attached hydrogen (secondary N) is 1. The summed E-state index contributed by atoms with van der Waals surface area (Å²) in [7, 11) is 0. The van der Waals surface area contributed by atoms with Gasteiger partial charge in [0.2, 0.25) is 0 Å². The van der Waals surface area contributed by atoms with Crippen molar-refractivity contribution in [3.63, 3.8) is 0 Å². The minimum Gasteiger partial charge on any atom is -0.356 e. The molecule has 2 aromatic rings. The number of rotatable bonds is 1. The molecule has 3 nitrogen and oxygen atoms in total. The molecule has 96 valence electrons. The summed E-state index contributed by atoms with van der Waals surface area (Å²) in [6.45, 7) is 2.00. The highest BCUT2D eigenvalue weighted by Gasteiger charge is 2.30. The Morgan fingerprint density at radius 2 is 1.89 bits per heavy atom. The van der Waals surface area contributed by atoms with E-state index in [0.717, 1.165) is 16.9 Å². The van der Waals surface area contributed by atoms with Crippen molar-refractivity contribution >= 4 is 29.9 Å². The number of thiol groups is 1. The van der Waals surface area contributed by atoms with Gasteiger partial charge >= 0.3 is 0 Å². The summed E-state index contributed by atoms with van der Waals surface area (Å²) in [6, 6.07) is 15.3. The highest BCUT2D eigenvalue weighted by atomic mass is 32.1. The number of anilines is 2. The second-order valence-corrected chi connectivity index (χ2v) is 5.07. The Labute approximate surface area is 117 Å². The quantitative estimate of drug-likeness (QED) is 0.779. The van der Waals surface area contributed by atoms with Crippen LogP contribution in [0.15, 0.2) is 48.5 Å². The molecule has 3 rings (SSSR count). The molecule has 0 radical (unpaired) electrons. The van der Waals surface area contributed by atoms with Crippen LogP contribution in [0.3, 0.4) is 0 Å². The van der Waals surface area contributed by atoms with Crippen molar-refractivity contribution in [2.45, 2.75) is 12.4 Å². The van der Waals surface area contributed by atoms with Crippen LogP contribution in [0.4, 0.5) is 11.4 Å². The highest BCUT2D eigenvalue weighted by Crippen LogP contribution is 2.31. The zero-order chi connectivity index (χ0) is 13.4. The fourth-order valence-corrected chi connectivity index (χ4v) is 2.63. The Morgan fingerprint density at radius 1 is 1.16 bits per heavy atom. The summed E-state index contributed by atoms with van der Waals surface area (Å²) in [5.41, 5.74) is 3.13. The van der Waals surface area contributed by atoms with Crippen LogP contribution in [0.1, 0.15) is 15.9 Å². The third-order valence-corrected chi connectivity index (χ3v) is 3.55. The predicted octanol–water partition coefficient (Wildman–Crippen LogP) is 3.28. The summed E-state index contributed by atoms with van der Waals surface area (Å²) < 4.78 is 0. The molecular weight excluding hydrogens is 256 g/mol. The van der Waals surface area contributed by atoms with Crippen LogP contribution in [0, 0.1) is 6.92 Å². The van der Waals surface area contributed by atoms with E-state index in [4.69, 9.17) is 0 Å². The summed E-state index contributed by atoms with van der Waals surface area (Å²) >= 11 is 4.48. The van der Waals surface area contributed by atoms with Gasteiger partial charge in [-0.3, -0.25) is 9.69 Å². The van der Waals surface area contributed by atoms with Gasteiger partial charge in [0.15, 0.2) is 5.50 Å². The Hall–Kier alpha value is -1.94. The Bertz CT molecular complexity index is 627. The number of para-hydroxylation sites is 1. The van der Waals surface area contributed by atoms with Crippen molar-refractivity contribution in [3.05, 3.63) is 59.7 Å². The van der Waals surface area contributed by atoms with Gasteiger partial charge in [0.25, 0.3) is 5.91 Å². The molecule has 2 aromatic carbocycles. The zero-order valence-corrected chi connectivity index (χ0v) is 11.4. The first-order chi connectivity index (χ1) is 9.16. The highest BCUT2D eigenvalue weighted by molar-refractivity contribution is 7.81. The van der Waals surface area contributed by atoms with E-state index in [0.29, 0.717) is 5.56 Å². The Morgan fingerprint density at radius 3 is 2.63 bits per heavy atom. The second kappa shape index (κ2) is 4.63. The van der Waals surface area contributed by atoms with E-state index in [-0.39, 0.29) is 11.4 Å². The van der Waals surface area contributed by atoms with E-state index >= 15 is 0 Å². The van der Waals surface area contributed by atoms with Crippen LogP contribution in [0.5, 0.6) is 0 Å². The smallest absolute Gasteiger partial charge is 0.262 e. The normalized spacial score (nSPS) is 17.9. The first-order valence-corrected chi connectivity index (χ1v) is 6.62. The maximum atomic E-state index is 12.6. The molecule has 0 spiro atoms. The predicted molar refractivity (Wildman–Crippen MR) is 80.8 cm³/mol. The van der Waals surface area contributed by atoms with Gasteiger partial charge in [-0.1, -0.05) is 24.3 Å². The number of benzene rings is 2. The molecule has 0 fully saturated rings. The topological polar surface area (TPSA) is 32.3 Å². The van der Waals surface area contributed by atoms with Gasteiger partial charge in [0.05, 0.1) is 5.56 Å². The third-order valence-electron chi connectivity index (χ3n) is 3.19. The monoisotopic (exact) mass is 270 g/mol. The molecule has 1 aliphatic rings. The largest absolute Gasteiger partial charge is 0.356 e. The van der Waals surface area contributed by atoms with Crippen LogP contribution < -0.4 is 10.2 Å². The molecule has 4 heteroatoms. The summed E-state index contributed by atoms with van der Waals surface area (Å²) in [5.74, 6) is -0.0278. The fraction of sp³-hybridized carbons (Fsp3) is 0.133. The van der Waals surface area contributed by atoms with Crippen LogP contribution in [-0.4, -0.2) is 11.4 Å². The van der Waals surface area contributed by atoms with Crippen molar-refractivity contribution < 1.29 is 4.79 Å². The van der Waals surface area contributed by atoms with Crippen molar-refractivity contribution in [2.24, 2.45) is 0 Å². The van der Waals surface area contributed by atoms with E-state index in [1.54, 1.807) is 4.90 Å². The summed E-state index contributed by atoms with van der Waals surface area (Å²) in [5, 5.41) is 3.25. The number of hydrogen-bond donors (Lipinski definition) is 2. The van der Waals surface area contributed by atoms with Crippen LogP contribution >= 0.6 is 12.6 Å². The zero-order valence-electron chi connectivity index (χ0n) is 10.5. The maximum absolute atomic E-state index is 12.6. The number of aryl methyl sites for hydroxylation is 1. The maximum Gasteiger partial charge on any atom is 0.262 e. The molecule has 19 heavy (non-hydrogen) atoms. The van der Waals surface area contributed by atoms with E-state index in [9.17, 15) is 4.79 Å².